The van der Waals surface area contributed by atoms with E-state index in [0.717, 1.165) is 5.69 Å². The molecule has 3 nitrogen and oxygen atoms in total. The molecule has 0 aromatic heterocycles. The van der Waals surface area contributed by atoms with E-state index in [1.807, 2.05) is 11.9 Å². The highest BCUT2D eigenvalue weighted by Gasteiger charge is 2.36. The first-order valence-corrected chi connectivity index (χ1v) is 5.77. The van der Waals surface area contributed by atoms with E-state index in [1.54, 1.807) is 12.1 Å². The molecule has 92 valence electrons. The standard InChI is InChI=1S/C12H13ClFNO2/c1-15(9-4-7(5-9)12(16)17)8-2-3-11(14)10(13)6-8/h2-3,6-7,9H,4-5H2,1H3,(H,16,17). The Kier molecular flexibility index (Phi) is 3.24. The number of hydrogen-bond acceptors (Lipinski definition) is 2. The van der Waals surface area contributed by atoms with E-state index in [1.165, 1.54) is 6.07 Å². The smallest absolute Gasteiger partial charge is 0.306 e. The van der Waals surface area contributed by atoms with E-state index < -0.39 is 11.8 Å². The maximum atomic E-state index is 13.0. The lowest BCUT2D eigenvalue weighted by Crippen LogP contribution is -2.45. The fraction of sp³-hybridized carbons (Fsp3) is 0.417. The highest BCUT2D eigenvalue weighted by molar-refractivity contribution is 6.31. The number of carboxylic acid groups (broad SMARTS) is 1. The van der Waals surface area contributed by atoms with Gasteiger partial charge in [-0.15, -0.1) is 0 Å². The molecular weight excluding hydrogens is 245 g/mol. The van der Waals surface area contributed by atoms with Crippen LogP contribution in [0.4, 0.5) is 10.1 Å². The Bertz CT molecular complexity index is 446. The lowest BCUT2D eigenvalue weighted by molar-refractivity contribution is -0.145. The van der Waals surface area contributed by atoms with Gasteiger partial charge in [0.1, 0.15) is 5.82 Å². The van der Waals surface area contributed by atoms with Crippen molar-refractivity contribution >= 4 is 23.3 Å². The molecule has 1 saturated carbocycles. The van der Waals surface area contributed by atoms with Crippen LogP contribution in [0.3, 0.4) is 0 Å². The van der Waals surface area contributed by atoms with Gasteiger partial charge in [0, 0.05) is 18.8 Å². The summed E-state index contributed by atoms with van der Waals surface area (Å²) >= 11 is 5.71. The van der Waals surface area contributed by atoms with Crippen LogP contribution in [-0.4, -0.2) is 24.2 Å². The van der Waals surface area contributed by atoms with Crippen LogP contribution in [0.25, 0.3) is 0 Å². The Morgan fingerprint density at radius 1 is 1.53 bits per heavy atom. The molecule has 0 radical (unpaired) electrons. The summed E-state index contributed by atoms with van der Waals surface area (Å²) in [6, 6.07) is 4.72. The van der Waals surface area contributed by atoms with Crippen molar-refractivity contribution < 1.29 is 14.3 Å². The summed E-state index contributed by atoms with van der Waals surface area (Å²) in [7, 11) is 1.87. The first-order chi connectivity index (χ1) is 7.99. The summed E-state index contributed by atoms with van der Waals surface area (Å²) < 4.78 is 13.0. The number of hydrogen-bond donors (Lipinski definition) is 1. The minimum absolute atomic E-state index is 0.0865. The zero-order valence-electron chi connectivity index (χ0n) is 9.36. The Hall–Kier alpha value is -1.29. The van der Waals surface area contributed by atoms with Gasteiger partial charge in [-0.05, 0) is 31.0 Å². The van der Waals surface area contributed by atoms with Crippen molar-refractivity contribution in [3.8, 4) is 0 Å². The third-order valence-corrected chi connectivity index (χ3v) is 3.61. The quantitative estimate of drug-likeness (QED) is 0.905. The summed E-state index contributed by atoms with van der Waals surface area (Å²) in [4.78, 5) is 12.6. The molecule has 17 heavy (non-hydrogen) atoms. The van der Waals surface area contributed by atoms with Crippen molar-refractivity contribution in [1.82, 2.24) is 0 Å². The van der Waals surface area contributed by atoms with E-state index in [2.05, 4.69) is 0 Å². The first-order valence-electron chi connectivity index (χ1n) is 5.39. The van der Waals surface area contributed by atoms with Gasteiger partial charge in [0.25, 0.3) is 0 Å². The zero-order valence-corrected chi connectivity index (χ0v) is 10.1. The first kappa shape index (κ1) is 12.2. The average Bonchev–Trinajstić information content (AvgIpc) is 2.19. The number of nitrogens with zero attached hydrogens (tertiary/aromatic N) is 1. The topological polar surface area (TPSA) is 40.5 Å². The summed E-state index contributed by atoms with van der Waals surface area (Å²) in [6.45, 7) is 0. The molecule has 1 aromatic rings. The van der Waals surface area contributed by atoms with Crippen LogP contribution in [0.5, 0.6) is 0 Å². The van der Waals surface area contributed by atoms with Gasteiger partial charge in [0.15, 0.2) is 0 Å². The molecule has 1 fully saturated rings. The number of aliphatic carboxylic acids is 1. The largest absolute Gasteiger partial charge is 0.481 e. The van der Waals surface area contributed by atoms with Crippen LogP contribution in [0, 0.1) is 11.7 Å². The molecule has 0 unspecified atom stereocenters. The number of halogens is 2. The van der Waals surface area contributed by atoms with E-state index in [4.69, 9.17) is 16.7 Å². The fourth-order valence-corrected chi connectivity index (χ4v) is 2.20. The van der Waals surface area contributed by atoms with E-state index >= 15 is 0 Å². The predicted molar refractivity (Wildman–Crippen MR) is 64.0 cm³/mol. The maximum absolute atomic E-state index is 13.0. The van der Waals surface area contributed by atoms with Gasteiger partial charge >= 0.3 is 5.97 Å². The average molecular weight is 258 g/mol. The Labute approximate surface area is 104 Å². The van der Waals surface area contributed by atoms with Gasteiger partial charge in [0.2, 0.25) is 0 Å². The van der Waals surface area contributed by atoms with Crippen LogP contribution >= 0.6 is 11.6 Å². The second kappa shape index (κ2) is 4.53. The summed E-state index contributed by atoms with van der Waals surface area (Å²) in [5, 5.41) is 8.88. The number of carbonyl (C=O) groups is 1. The van der Waals surface area contributed by atoms with E-state index in [-0.39, 0.29) is 17.0 Å². The van der Waals surface area contributed by atoms with Crippen molar-refractivity contribution in [2.24, 2.45) is 5.92 Å². The van der Waals surface area contributed by atoms with Crippen LogP contribution in [0.1, 0.15) is 12.8 Å². The van der Waals surface area contributed by atoms with Crippen LogP contribution in [0.2, 0.25) is 5.02 Å². The molecule has 0 spiro atoms. The summed E-state index contributed by atoms with van der Waals surface area (Å²) in [5.74, 6) is -1.44. The second-order valence-corrected chi connectivity index (χ2v) is 4.78. The lowest BCUT2D eigenvalue weighted by atomic mass is 9.79. The molecule has 0 aliphatic heterocycles. The van der Waals surface area contributed by atoms with Gasteiger partial charge in [-0.2, -0.15) is 0 Å². The summed E-state index contributed by atoms with van der Waals surface area (Å²) in [5.41, 5.74) is 0.810. The normalized spacial score (nSPS) is 23.0. The molecule has 0 amide bonds. The molecule has 1 aliphatic rings. The van der Waals surface area contributed by atoms with Gasteiger partial charge in [-0.1, -0.05) is 11.6 Å². The van der Waals surface area contributed by atoms with Crippen molar-refractivity contribution in [2.75, 3.05) is 11.9 Å². The summed E-state index contributed by atoms with van der Waals surface area (Å²) in [6.07, 6.45) is 1.25. The van der Waals surface area contributed by atoms with Crippen molar-refractivity contribution in [1.29, 1.82) is 0 Å². The molecule has 1 N–H and O–H groups in total. The Morgan fingerprint density at radius 2 is 2.18 bits per heavy atom. The van der Waals surface area contributed by atoms with Gasteiger partial charge in [-0.25, -0.2) is 4.39 Å². The molecule has 1 aromatic carbocycles. The van der Waals surface area contributed by atoms with E-state index in [9.17, 15) is 9.18 Å². The van der Waals surface area contributed by atoms with Gasteiger partial charge < -0.3 is 10.0 Å². The van der Waals surface area contributed by atoms with Crippen LogP contribution in [0.15, 0.2) is 18.2 Å². The van der Waals surface area contributed by atoms with E-state index in [0.29, 0.717) is 12.8 Å². The molecule has 0 heterocycles. The number of rotatable bonds is 3. The molecule has 1 aliphatic carbocycles. The van der Waals surface area contributed by atoms with Crippen molar-refractivity contribution in [3.05, 3.63) is 29.0 Å². The minimum Gasteiger partial charge on any atom is -0.481 e. The number of benzene rings is 1. The Balaban J connectivity index is 2.03. The molecule has 0 saturated heterocycles. The molecule has 2 rings (SSSR count). The number of anilines is 1. The molecular formula is C12H13ClFNO2. The predicted octanol–water partition coefficient (Wildman–Crippen LogP) is 2.78. The molecule has 0 bridgehead atoms. The molecule has 0 atom stereocenters. The zero-order chi connectivity index (χ0) is 12.6. The van der Waals surface area contributed by atoms with Crippen molar-refractivity contribution in [3.63, 3.8) is 0 Å². The highest BCUT2D eigenvalue weighted by atomic mass is 35.5. The van der Waals surface area contributed by atoms with Gasteiger partial charge in [-0.3, -0.25) is 4.79 Å². The Morgan fingerprint density at radius 3 is 2.71 bits per heavy atom. The minimum atomic E-state index is -0.744. The maximum Gasteiger partial charge on any atom is 0.306 e. The SMILES string of the molecule is CN(c1ccc(F)c(Cl)c1)C1CC(C(=O)O)C1. The third kappa shape index (κ3) is 2.36. The monoisotopic (exact) mass is 257 g/mol. The van der Waals surface area contributed by atoms with Crippen LogP contribution in [-0.2, 0) is 4.79 Å². The highest BCUT2D eigenvalue weighted by Crippen LogP contribution is 2.34. The fourth-order valence-electron chi connectivity index (χ4n) is 2.02. The lowest BCUT2D eigenvalue weighted by Gasteiger charge is -2.40. The molecule has 5 heteroatoms. The second-order valence-electron chi connectivity index (χ2n) is 4.37. The third-order valence-electron chi connectivity index (χ3n) is 3.32. The van der Waals surface area contributed by atoms with Crippen LogP contribution < -0.4 is 4.90 Å². The number of carboxylic acids is 1. The van der Waals surface area contributed by atoms with Gasteiger partial charge in [0.05, 0.1) is 10.9 Å². The van der Waals surface area contributed by atoms with Crippen molar-refractivity contribution in [2.45, 2.75) is 18.9 Å².